The monoisotopic (exact) mass is 267 g/mol. The van der Waals surface area contributed by atoms with Crippen LogP contribution < -0.4 is 0 Å². The normalized spacial score (nSPS) is 10.7. The summed E-state index contributed by atoms with van der Waals surface area (Å²) in [5.41, 5.74) is 1.61. The van der Waals surface area contributed by atoms with Crippen molar-refractivity contribution in [1.82, 2.24) is 15.0 Å². The molecule has 0 bridgehead atoms. The number of nitrogens with zero attached hydrogens (tertiary/aromatic N) is 3. The van der Waals surface area contributed by atoms with E-state index in [4.69, 9.17) is 0 Å². The van der Waals surface area contributed by atoms with Gasteiger partial charge in [0.2, 0.25) is 5.95 Å². The summed E-state index contributed by atoms with van der Waals surface area (Å²) in [7, 11) is 0. The van der Waals surface area contributed by atoms with Crippen molar-refractivity contribution in [2.45, 2.75) is 24.8 Å². The molecule has 0 fully saturated rings. The Kier molecular flexibility index (Phi) is 3.86. The minimum atomic E-state index is -0.785. The predicted octanol–water partition coefficient (Wildman–Crippen LogP) is 3.06. The van der Waals surface area contributed by atoms with Gasteiger partial charge < -0.3 is 0 Å². The smallest absolute Gasteiger partial charge is 0.219 e. The molecule has 0 aliphatic carbocycles. The summed E-state index contributed by atoms with van der Waals surface area (Å²) in [6, 6.07) is 2.98. The SMILES string of the molecule is Cc1cc(C)nc(SCc2c(F)ccnc2F)n1. The lowest BCUT2D eigenvalue weighted by Gasteiger charge is -2.04. The average Bonchev–Trinajstić information content (AvgIpc) is 2.27. The maximum atomic E-state index is 13.4. The Morgan fingerprint density at radius 3 is 2.44 bits per heavy atom. The van der Waals surface area contributed by atoms with Crippen molar-refractivity contribution >= 4 is 11.8 Å². The fourth-order valence-corrected chi connectivity index (χ4v) is 2.42. The molecule has 0 aromatic carbocycles. The first kappa shape index (κ1) is 12.9. The van der Waals surface area contributed by atoms with Crippen molar-refractivity contribution in [3.8, 4) is 0 Å². The van der Waals surface area contributed by atoms with Crippen LogP contribution in [0.1, 0.15) is 17.0 Å². The van der Waals surface area contributed by atoms with Gasteiger partial charge in [-0.1, -0.05) is 11.8 Å². The lowest BCUT2D eigenvalue weighted by Crippen LogP contribution is -1.98. The summed E-state index contributed by atoms with van der Waals surface area (Å²) < 4.78 is 26.7. The molecule has 0 unspecified atom stereocenters. The van der Waals surface area contributed by atoms with Gasteiger partial charge in [-0.25, -0.2) is 19.3 Å². The standard InChI is InChI=1S/C12H11F2N3S/c1-7-5-8(2)17-12(16-7)18-6-9-10(13)3-4-15-11(9)14/h3-5H,6H2,1-2H3. The molecular weight excluding hydrogens is 256 g/mol. The third-order valence-electron chi connectivity index (χ3n) is 2.25. The van der Waals surface area contributed by atoms with E-state index >= 15 is 0 Å². The van der Waals surface area contributed by atoms with E-state index in [2.05, 4.69) is 15.0 Å². The van der Waals surface area contributed by atoms with Crippen molar-refractivity contribution < 1.29 is 8.78 Å². The van der Waals surface area contributed by atoms with Crippen LogP contribution in [0.2, 0.25) is 0 Å². The van der Waals surface area contributed by atoms with Crippen LogP contribution >= 0.6 is 11.8 Å². The van der Waals surface area contributed by atoms with Gasteiger partial charge in [0.25, 0.3) is 0 Å². The molecule has 2 aromatic rings. The minimum absolute atomic E-state index is 0.0507. The number of aromatic nitrogens is 3. The van der Waals surface area contributed by atoms with E-state index in [1.54, 1.807) is 0 Å². The van der Waals surface area contributed by atoms with Crippen LogP contribution in [0.3, 0.4) is 0 Å². The van der Waals surface area contributed by atoms with E-state index in [9.17, 15) is 8.78 Å². The molecule has 0 aliphatic heterocycles. The van der Waals surface area contributed by atoms with Crippen LogP contribution in [-0.4, -0.2) is 15.0 Å². The third kappa shape index (κ3) is 3.01. The molecule has 0 aliphatic rings. The lowest BCUT2D eigenvalue weighted by molar-refractivity contribution is 0.535. The summed E-state index contributed by atoms with van der Waals surface area (Å²) in [5, 5.41) is 0.509. The number of halogens is 2. The molecule has 0 atom stereocenters. The molecule has 0 saturated heterocycles. The molecule has 3 nitrogen and oxygen atoms in total. The first-order valence-corrected chi connectivity index (χ1v) is 6.29. The highest BCUT2D eigenvalue weighted by atomic mass is 32.2. The number of aryl methyl sites for hydroxylation is 2. The number of hydrogen-bond donors (Lipinski definition) is 0. The van der Waals surface area contributed by atoms with Crippen molar-refractivity contribution in [3.05, 3.63) is 47.0 Å². The van der Waals surface area contributed by atoms with Gasteiger partial charge in [0, 0.05) is 23.3 Å². The van der Waals surface area contributed by atoms with Crippen molar-refractivity contribution in [1.29, 1.82) is 0 Å². The van der Waals surface area contributed by atoms with Gasteiger partial charge in [-0.3, -0.25) is 0 Å². The van der Waals surface area contributed by atoms with Gasteiger partial charge in [-0.15, -0.1) is 0 Å². The second-order valence-electron chi connectivity index (χ2n) is 3.78. The fourth-order valence-electron chi connectivity index (χ4n) is 1.47. The lowest BCUT2D eigenvalue weighted by atomic mass is 10.3. The van der Waals surface area contributed by atoms with Crippen molar-refractivity contribution in [3.63, 3.8) is 0 Å². The van der Waals surface area contributed by atoms with E-state index < -0.39 is 11.8 Å². The highest BCUT2D eigenvalue weighted by Crippen LogP contribution is 2.22. The zero-order valence-electron chi connectivity index (χ0n) is 9.94. The summed E-state index contributed by atoms with van der Waals surface area (Å²) in [6.07, 6.45) is 1.10. The van der Waals surface area contributed by atoms with Crippen LogP contribution in [0.15, 0.2) is 23.5 Å². The molecule has 0 saturated carbocycles. The fraction of sp³-hybridized carbons (Fsp3) is 0.250. The number of thioether (sulfide) groups is 1. The van der Waals surface area contributed by atoms with E-state index in [1.165, 1.54) is 11.8 Å². The highest BCUT2D eigenvalue weighted by molar-refractivity contribution is 7.98. The Hall–Kier alpha value is -1.56. The van der Waals surface area contributed by atoms with Crippen LogP contribution in [0.5, 0.6) is 0 Å². The predicted molar refractivity (Wildman–Crippen MR) is 65.2 cm³/mol. The van der Waals surface area contributed by atoms with Gasteiger partial charge in [0.15, 0.2) is 5.16 Å². The largest absolute Gasteiger partial charge is 0.228 e. The molecule has 2 rings (SSSR count). The first-order chi connectivity index (χ1) is 8.56. The van der Waals surface area contributed by atoms with Gasteiger partial charge in [0.1, 0.15) is 5.82 Å². The zero-order chi connectivity index (χ0) is 13.1. The molecule has 0 radical (unpaired) electrons. The number of hydrogen-bond acceptors (Lipinski definition) is 4. The zero-order valence-corrected chi connectivity index (χ0v) is 10.8. The maximum Gasteiger partial charge on any atom is 0.219 e. The third-order valence-corrected chi connectivity index (χ3v) is 3.13. The van der Waals surface area contributed by atoms with E-state index in [0.29, 0.717) is 5.16 Å². The van der Waals surface area contributed by atoms with Crippen molar-refractivity contribution in [2.24, 2.45) is 0 Å². The van der Waals surface area contributed by atoms with Gasteiger partial charge in [0.05, 0.1) is 5.56 Å². The van der Waals surface area contributed by atoms with Crippen LogP contribution in [0.25, 0.3) is 0 Å². The number of rotatable bonds is 3. The second-order valence-corrected chi connectivity index (χ2v) is 4.73. The Bertz CT molecular complexity index is 535. The average molecular weight is 267 g/mol. The second kappa shape index (κ2) is 5.39. The first-order valence-electron chi connectivity index (χ1n) is 5.30. The Balaban J connectivity index is 2.16. The topological polar surface area (TPSA) is 38.7 Å². The maximum absolute atomic E-state index is 13.4. The van der Waals surface area contributed by atoms with E-state index in [0.717, 1.165) is 23.7 Å². The van der Waals surface area contributed by atoms with Crippen molar-refractivity contribution in [2.75, 3.05) is 0 Å². The van der Waals surface area contributed by atoms with Crippen LogP contribution in [0.4, 0.5) is 8.78 Å². The Morgan fingerprint density at radius 2 is 1.83 bits per heavy atom. The summed E-state index contributed by atoms with van der Waals surface area (Å²) >= 11 is 1.19. The molecule has 94 valence electrons. The quantitative estimate of drug-likeness (QED) is 0.487. The summed E-state index contributed by atoms with van der Waals surface area (Å²) in [5.74, 6) is -1.26. The van der Waals surface area contributed by atoms with Gasteiger partial charge in [-0.05, 0) is 26.0 Å². The molecule has 2 heterocycles. The van der Waals surface area contributed by atoms with E-state index in [-0.39, 0.29) is 11.3 Å². The number of pyridine rings is 1. The van der Waals surface area contributed by atoms with Gasteiger partial charge >= 0.3 is 0 Å². The highest BCUT2D eigenvalue weighted by Gasteiger charge is 2.11. The summed E-state index contributed by atoms with van der Waals surface area (Å²) in [4.78, 5) is 11.8. The molecule has 0 amide bonds. The van der Waals surface area contributed by atoms with Crippen LogP contribution in [0, 0.1) is 25.6 Å². The molecule has 0 N–H and O–H groups in total. The Morgan fingerprint density at radius 1 is 1.17 bits per heavy atom. The molecular formula is C12H11F2N3S. The molecule has 18 heavy (non-hydrogen) atoms. The minimum Gasteiger partial charge on any atom is -0.228 e. The molecule has 6 heteroatoms. The van der Waals surface area contributed by atoms with Crippen LogP contribution in [-0.2, 0) is 5.75 Å². The summed E-state index contributed by atoms with van der Waals surface area (Å²) in [6.45, 7) is 3.70. The van der Waals surface area contributed by atoms with Gasteiger partial charge in [-0.2, -0.15) is 4.39 Å². The molecule has 0 spiro atoms. The Labute approximate surface area is 108 Å². The molecule has 2 aromatic heterocycles. The van der Waals surface area contributed by atoms with E-state index in [1.807, 2.05) is 19.9 Å².